The van der Waals surface area contributed by atoms with Gasteiger partial charge in [-0.3, -0.25) is 0 Å². The van der Waals surface area contributed by atoms with E-state index in [1.807, 2.05) is 18.2 Å². The van der Waals surface area contributed by atoms with Crippen LogP contribution >= 0.6 is 15.9 Å². The molecule has 2 rings (SSSR count). The van der Waals surface area contributed by atoms with Gasteiger partial charge in [-0.25, -0.2) is 0 Å². The minimum absolute atomic E-state index is 0.0863. The lowest BCUT2D eigenvalue weighted by Gasteiger charge is -2.25. The van der Waals surface area contributed by atoms with Crippen LogP contribution in [0.2, 0.25) is 0 Å². The first-order valence-electron chi connectivity index (χ1n) is 9.61. The summed E-state index contributed by atoms with van der Waals surface area (Å²) in [4.78, 5) is 0. The average molecular weight is 474 g/mol. The molecule has 0 heterocycles. The Hall–Kier alpha value is -1.57. The molecule has 0 saturated carbocycles. The Morgan fingerprint density at radius 3 is 2.45 bits per heavy atom. The molecule has 0 spiro atoms. The maximum Gasteiger partial charge on any atom is 0.573 e. The van der Waals surface area contributed by atoms with E-state index in [9.17, 15) is 18.3 Å². The number of benzene rings is 2. The van der Waals surface area contributed by atoms with Crippen LogP contribution in [0.15, 0.2) is 53.0 Å². The predicted octanol–water partition coefficient (Wildman–Crippen LogP) is 5.88. The number of para-hydroxylation sites is 1. The Morgan fingerprint density at radius 1 is 1.10 bits per heavy atom. The number of aliphatic hydroxyl groups is 1. The third kappa shape index (κ3) is 8.36. The summed E-state index contributed by atoms with van der Waals surface area (Å²) in [5.74, 6) is -0.000982. The maximum atomic E-state index is 12.6. The van der Waals surface area contributed by atoms with Crippen molar-refractivity contribution in [3.05, 3.63) is 64.1 Å². The van der Waals surface area contributed by atoms with E-state index in [0.29, 0.717) is 18.0 Å². The summed E-state index contributed by atoms with van der Waals surface area (Å²) in [5, 5.41) is 13.3. The summed E-state index contributed by atoms with van der Waals surface area (Å²) in [7, 11) is 0. The molecule has 2 aromatic carbocycles. The topological polar surface area (TPSA) is 41.5 Å². The van der Waals surface area contributed by atoms with E-state index in [2.05, 4.69) is 45.9 Å². The van der Waals surface area contributed by atoms with Crippen LogP contribution in [-0.2, 0) is 6.42 Å². The van der Waals surface area contributed by atoms with Crippen molar-refractivity contribution in [2.75, 3.05) is 13.2 Å². The number of ether oxygens (including phenoxy) is 1. The molecule has 2 atom stereocenters. The maximum absolute atomic E-state index is 12.6. The lowest BCUT2D eigenvalue weighted by molar-refractivity contribution is -0.274. The lowest BCUT2D eigenvalue weighted by atomic mass is 9.95. The quantitative estimate of drug-likeness (QED) is 0.452. The number of aliphatic hydroxyl groups excluding tert-OH is 1. The molecule has 0 bridgehead atoms. The summed E-state index contributed by atoms with van der Waals surface area (Å²) in [6.07, 6.45) is -3.56. The second-order valence-corrected chi connectivity index (χ2v) is 8.47. The number of alkyl halides is 3. The molecule has 2 unspecified atom stereocenters. The Bertz CT molecular complexity index is 768. The molecule has 0 aromatic heterocycles. The van der Waals surface area contributed by atoms with E-state index in [0.717, 1.165) is 16.5 Å². The highest BCUT2D eigenvalue weighted by atomic mass is 79.9. The molecular formula is C22H27BrF3NO2. The van der Waals surface area contributed by atoms with Gasteiger partial charge >= 0.3 is 6.36 Å². The third-order valence-corrected chi connectivity index (χ3v) is 5.07. The summed E-state index contributed by atoms with van der Waals surface area (Å²) in [6, 6.07) is 14.2. The van der Waals surface area contributed by atoms with Crippen LogP contribution in [0.4, 0.5) is 13.2 Å². The van der Waals surface area contributed by atoms with Crippen LogP contribution in [-0.4, -0.2) is 24.6 Å². The lowest BCUT2D eigenvalue weighted by Crippen LogP contribution is -2.31. The molecule has 0 aliphatic heterocycles. The highest BCUT2D eigenvalue weighted by molar-refractivity contribution is 9.10. The summed E-state index contributed by atoms with van der Waals surface area (Å²) < 4.78 is 43.1. The van der Waals surface area contributed by atoms with Crippen LogP contribution in [0, 0.1) is 11.8 Å². The smallest absolute Gasteiger partial charge is 0.406 e. The largest absolute Gasteiger partial charge is 0.573 e. The first kappa shape index (κ1) is 23.7. The zero-order valence-corrected chi connectivity index (χ0v) is 18.1. The van der Waals surface area contributed by atoms with Gasteiger partial charge in [-0.2, -0.15) is 0 Å². The Balaban J connectivity index is 2.08. The van der Waals surface area contributed by atoms with Crippen LogP contribution in [0.1, 0.15) is 37.4 Å². The average Bonchev–Trinajstić information content (AvgIpc) is 2.63. The van der Waals surface area contributed by atoms with Crippen LogP contribution < -0.4 is 10.1 Å². The van der Waals surface area contributed by atoms with E-state index in [1.165, 1.54) is 12.1 Å². The van der Waals surface area contributed by atoms with Gasteiger partial charge < -0.3 is 15.2 Å². The van der Waals surface area contributed by atoms with E-state index < -0.39 is 6.36 Å². The number of hydrogen-bond donors (Lipinski definition) is 2. The van der Waals surface area contributed by atoms with Crippen LogP contribution in [0.5, 0.6) is 5.75 Å². The van der Waals surface area contributed by atoms with Gasteiger partial charge in [0.1, 0.15) is 5.75 Å². The minimum atomic E-state index is -4.74. The molecule has 2 N–H and O–H groups in total. The van der Waals surface area contributed by atoms with Crippen molar-refractivity contribution >= 4 is 15.9 Å². The molecular weight excluding hydrogens is 447 g/mol. The molecule has 0 radical (unpaired) electrons. The second kappa shape index (κ2) is 11.0. The summed E-state index contributed by atoms with van der Waals surface area (Å²) in [5.41, 5.74) is 1.55. The van der Waals surface area contributed by atoms with Gasteiger partial charge in [0.15, 0.2) is 0 Å². The Kier molecular flexibility index (Phi) is 8.99. The normalized spacial score (nSPS) is 14.1. The van der Waals surface area contributed by atoms with Gasteiger partial charge in [-0.05, 0) is 54.0 Å². The fraction of sp³-hybridized carbons (Fsp3) is 0.455. The van der Waals surface area contributed by atoms with Crippen molar-refractivity contribution in [3.63, 3.8) is 0 Å². The van der Waals surface area contributed by atoms with Crippen molar-refractivity contribution in [2.45, 2.75) is 39.1 Å². The second-order valence-electron chi connectivity index (χ2n) is 7.55. The molecule has 0 saturated heterocycles. The Morgan fingerprint density at radius 2 is 1.83 bits per heavy atom. The highest BCUT2D eigenvalue weighted by Crippen LogP contribution is 2.29. The minimum Gasteiger partial charge on any atom is -0.406 e. The van der Waals surface area contributed by atoms with E-state index in [1.54, 1.807) is 12.1 Å². The van der Waals surface area contributed by atoms with Crippen LogP contribution in [0.3, 0.4) is 0 Å². The predicted molar refractivity (Wildman–Crippen MR) is 112 cm³/mol. The number of nitrogens with one attached hydrogen (secondary N) is 1. The van der Waals surface area contributed by atoms with E-state index in [4.69, 9.17) is 0 Å². The van der Waals surface area contributed by atoms with Gasteiger partial charge in [-0.15, -0.1) is 13.2 Å². The molecule has 7 heteroatoms. The molecule has 0 aliphatic carbocycles. The van der Waals surface area contributed by atoms with Crippen molar-refractivity contribution in [1.29, 1.82) is 0 Å². The standard InChI is InChI=1S/C22H27BrF3NO2/c1-15(2)10-20(17-7-5-8-19(23)12-17)27-13-16(14-28)11-18-6-3-4-9-21(18)29-22(24,25)26/h3-9,12,15-16,20,27-28H,10-11,13-14H2,1-2H3. The monoisotopic (exact) mass is 473 g/mol. The van der Waals surface area contributed by atoms with Gasteiger partial charge in [-0.1, -0.05) is 60.1 Å². The van der Waals surface area contributed by atoms with E-state index >= 15 is 0 Å². The first-order valence-corrected chi connectivity index (χ1v) is 10.4. The molecule has 0 amide bonds. The zero-order valence-electron chi connectivity index (χ0n) is 16.5. The fourth-order valence-electron chi connectivity index (χ4n) is 3.25. The molecule has 0 aliphatic rings. The van der Waals surface area contributed by atoms with Gasteiger partial charge in [0.2, 0.25) is 0 Å². The number of rotatable bonds is 10. The number of halogens is 4. The van der Waals surface area contributed by atoms with Crippen molar-refractivity contribution in [3.8, 4) is 5.75 Å². The highest BCUT2D eigenvalue weighted by Gasteiger charge is 2.32. The summed E-state index contributed by atoms with van der Waals surface area (Å²) >= 11 is 3.49. The molecule has 3 nitrogen and oxygen atoms in total. The van der Waals surface area contributed by atoms with Gasteiger partial charge in [0.25, 0.3) is 0 Å². The molecule has 0 fully saturated rings. The van der Waals surface area contributed by atoms with E-state index in [-0.39, 0.29) is 30.7 Å². The zero-order chi connectivity index (χ0) is 21.4. The van der Waals surface area contributed by atoms with Crippen molar-refractivity contribution < 1.29 is 23.0 Å². The fourth-order valence-corrected chi connectivity index (χ4v) is 3.67. The first-order chi connectivity index (χ1) is 13.7. The molecule has 2 aromatic rings. The third-order valence-electron chi connectivity index (χ3n) is 4.58. The molecule has 160 valence electrons. The Labute approximate surface area is 178 Å². The summed E-state index contributed by atoms with van der Waals surface area (Å²) in [6.45, 7) is 4.61. The van der Waals surface area contributed by atoms with Crippen LogP contribution in [0.25, 0.3) is 0 Å². The van der Waals surface area contributed by atoms with Crippen molar-refractivity contribution in [1.82, 2.24) is 5.32 Å². The molecule has 29 heavy (non-hydrogen) atoms. The van der Waals surface area contributed by atoms with Crippen molar-refractivity contribution in [2.24, 2.45) is 11.8 Å². The van der Waals surface area contributed by atoms with Gasteiger partial charge in [0.05, 0.1) is 0 Å². The SMILES string of the molecule is CC(C)CC(NCC(CO)Cc1ccccc1OC(F)(F)F)c1cccc(Br)c1. The number of hydrogen-bond acceptors (Lipinski definition) is 3. The van der Waals surface area contributed by atoms with Gasteiger partial charge in [0, 0.05) is 23.7 Å².